The zero-order chi connectivity index (χ0) is 26.1. The van der Waals surface area contributed by atoms with Gasteiger partial charge in [0, 0.05) is 26.9 Å². The van der Waals surface area contributed by atoms with Gasteiger partial charge in [0.25, 0.3) is 0 Å². The molecule has 8 nitrogen and oxygen atoms in total. The maximum absolute atomic E-state index is 12.2. The molecule has 0 atom stereocenters. The van der Waals surface area contributed by atoms with Crippen LogP contribution < -0.4 is 25.0 Å². The average molecular weight is 530 g/mol. The highest BCUT2D eigenvalue weighted by Gasteiger charge is 2.14. The topological polar surface area (TPSA) is 98.2 Å². The minimum Gasteiger partial charge on any atom is -0.494 e. The molecule has 36 heavy (non-hydrogen) atoms. The third-order valence-electron chi connectivity index (χ3n) is 4.93. The Kier molecular flexibility index (Phi) is 9.55. The second-order valence-corrected chi connectivity index (χ2v) is 8.28. The molecule has 3 aromatic rings. The molecule has 2 amide bonds. The van der Waals surface area contributed by atoms with Crippen molar-refractivity contribution in [2.24, 2.45) is 5.10 Å². The van der Waals surface area contributed by atoms with E-state index in [0.717, 1.165) is 5.56 Å². The minimum atomic E-state index is -0.907. The van der Waals surface area contributed by atoms with E-state index in [4.69, 9.17) is 37.4 Å². The smallest absolute Gasteiger partial charge is 0.329 e. The molecule has 0 spiro atoms. The Morgan fingerprint density at radius 3 is 2.33 bits per heavy atom. The SMILES string of the molecule is CCOc1ccc(NC(=O)C(=O)N/N=C(\C)c2ccc(OCc3ccc(Cl)cc3Cl)c(OC)c2)cc1. The molecule has 0 unspecified atom stereocenters. The Labute approximate surface area is 219 Å². The number of methoxy groups -OCH3 is 1. The summed E-state index contributed by atoms with van der Waals surface area (Å²) in [7, 11) is 1.51. The first-order valence-electron chi connectivity index (χ1n) is 10.9. The van der Waals surface area contributed by atoms with Crippen LogP contribution in [0.4, 0.5) is 5.69 Å². The van der Waals surface area contributed by atoms with E-state index in [1.54, 1.807) is 67.6 Å². The predicted molar refractivity (Wildman–Crippen MR) is 140 cm³/mol. The fraction of sp³-hybridized carbons (Fsp3) is 0.192. The molecule has 0 radical (unpaired) electrons. The molecular formula is C26H25Cl2N3O5. The second kappa shape index (κ2) is 12.8. The van der Waals surface area contributed by atoms with Gasteiger partial charge in [-0.3, -0.25) is 9.59 Å². The van der Waals surface area contributed by atoms with Crippen molar-refractivity contribution in [3.63, 3.8) is 0 Å². The highest BCUT2D eigenvalue weighted by molar-refractivity contribution is 6.39. The van der Waals surface area contributed by atoms with Gasteiger partial charge < -0.3 is 19.5 Å². The minimum absolute atomic E-state index is 0.221. The summed E-state index contributed by atoms with van der Waals surface area (Å²) in [6.45, 7) is 4.32. The molecule has 0 aromatic heterocycles. The number of carbonyl (C=O) groups is 2. The number of ether oxygens (including phenoxy) is 3. The van der Waals surface area contributed by atoms with Crippen molar-refractivity contribution >= 4 is 46.4 Å². The van der Waals surface area contributed by atoms with E-state index in [1.807, 2.05) is 6.92 Å². The first-order valence-corrected chi connectivity index (χ1v) is 11.7. The van der Waals surface area contributed by atoms with Gasteiger partial charge in [0.15, 0.2) is 11.5 Å². The average Bonchev–Trinajstić information content (AvgIpc) is 2.87. The van der Waals surface area contributed by atoms with Gasteiger partial charge in [-0.1, -0.05) is 29.3 Å². The number of amides is 2. The summed E-state index contributed by atoms with van der Waals surface area (Å²) < 4.78 is 16.6. The zero-order valence-electron chi connectivity index (χ0n) is 19.9. The number of nitrogens with zero attached hydrogens (tertiary/aromatic N) is 1. The number of benzene rings is 3. The van der Waals surface area contributed by atoms with Crippen LogP contribution in [0.2, 0.25) is 10.0 Å². The lowest BCUT2D eigenvalue weighted by atomic mass is 10.1. The Morgan fingerprint density at radius 1 is 0.917 bits per heavy atom. The van der Waals surface area contributed by atoms with Crippen molar-refractivity contribution in [3.05, 3.63) is 81.8 Å². The maximum Gasteiger partial charge on any atom is 0.329 e. The summed E-state index contributed by atoms with van der Waals surface area (Å²) >= 11 is 12.1. The molecule has 0 heterocycles. The number of rotatable bonds is 9. The molecule has 0 aliphatic rings. The largest absolute Gasteiger partial charge is 0.494 e. The summed E-state index contributed by atoms with van der Waals surface area (Å²) in [6, 6.07) is 17.0. The van der Waals surface area contributed by atoms with Crippen LogP contribution in [0.1, 0.15) is 25.0 Å². The zero-order valence-corrected chi connectivity index (χ0v) is 21.4. The Balaban J connectivity index is 1.60. The third kappa shape index (κ3) is 7.37. The molecule has 0 bridgehead atoms. The first-order chi connectivity index (χ1) is 17.3. The molecule has 10 heteroatoms. The highest BCUT2D eigenvalue weighted by atomic mass is 35.5. The fourth-order valence-electron chi connectivity index (χ4n) is 3.05. The number of hydrazone groups is 1. The molecule has 0 saturated carbocycles. The number of halogens is 2. The Bertz CT molecular complexity index is 1260. The Morgan fingerprint density at radius 2 is 1.67 bits per heavy atom. The lowest BCUT2D eigenvalue weighted by molar-refractivity contribution is -0.136. The molecule has 0 saturated heterocycles. The molecule has 3 aromatic carbocycles. The normalized spacial score (nSPS) is 11.0. The van der Waals surface area contributed by atoms with Crippen LogP contribution in [0.3, 0.4) is 0 Å². The van der Waals surface area contributed by atoms with Crippen LogP contribution in [0.15, 0.2) is 65.8 Å². The molecule has 0 fully saturated rings. The van der Waals surface area contributed by atoms with E-state index < -0.39 is 11.8 Å². The van der Waals surface area contributed by atoms with Gasteiger partial charge in [-0.05, 0) is 68.4 Å². The third-order valence-corrected chi connectivity index (χ3v) is 5.52. The van der Waals surface area contributed by atoms with Crippen LogP contribution >= 0.6 is 23.2 Å². The fourth-order valence-corrected chi connectivity index (χ4v) is 3.51. The molecule has 0 aliphatic carbocycles. The monoisotopic (exact) mass is 529 g/mol. The van der Waals surface area contributed by atoms with E-state index in [-0.39, 0.29) is 6.61 Å². The van der Waals surface area contributed by atoms with Crippen LogP contribution in [0, 0.1) is 0 Å². The number of hydrogen-bond donors (Lipinski definition) is 2. The lowest BCUT2D eigenvalue weighted by Crippen LogP contribution is -2.32. The summed E-state index contributed by atoms with van der Waals surface area (Å²) in [5.74, 6) is -0.126. The van der Waals surface area contributed by atoms with E-state index in [1.165, 1.54) is 7.11 Å². The van der Waals surface area contributed by atoms with Gasteiger partial charge in [0.1, 0.15) is 12.4 Å². The van der Waals surface area contributed by atoms with Crippen LogP contribution in [0.5, 0.6) is 17.2 Å². The van der Waals surface area contributed by atoms with Crippen molar-refractivity contribution in [2.45, 2.75) is 20.5 Å². The van der Waals surface area contributed by atoms with Gasteiger partial charge in [-0.15, -0.1) is 0 Å². The van der Waals surface area contributed by atoms with Gasteiger partial charge in [0.2, 0.25) is 0 Å². The summed E-state index contributed by atoms with van der Waals surface area (Å²) in [5, 5.41) is 7.58. The summed E-state index contributed by atoms with van der Waals surface area (Å²) in [6.07, 6.45) is 0. The highest BCUT2D eigenvalue weighted by Crippen LogP contribution is 2.30. The van der Waals surface area contributed by atoms with Crippen molar-refractivity contribution in [2.75, 3.05) is 19.0 Å². The second-order valence-electron chi connectivity index (χ2n) is 7.44. The van der Waals surface area contributed by atoms with E-state index >= 15 is 0 Å². The van der Waals surface area contributed by atoms with E-state index in [2.05, 4.69) is 15.8 Å². The number of nitrogens with one attached hydrogen (secondary N) is 2. The van der Waals surface area contributed by atoms with E-state index in [9.17, 15) is 9.59 Å². The molecular weight excluding hydrogens is 505 g/mol. The quantitative estimate of drug-likeness (QED) is 0.218. The predicted octanol–water partition coefficient (Wildman–Crippen LogP) is 5.46. The molecule has 2 N–H and O–H groups in total. The standard InChI is InChI=1S/C26H25Cl2N3O5/c1-4-35-21-10-8-20(9-11-21)29-25(32)26(33)31-30-16(2)17-6-12-23(24(13-17)34-3)36-15-18-5-7-19(27)14-22(18)28/h5-14H,4,15H2,1-3H3,(H,29,32)(H,31,33)/b30-16+. The van der Waals surface area contributed by atoms with Gasteiger partial charge in [-0.2, -0.15) is 5.10 Å². The van der Waals surface area contributed by atoms with E-state index in [0.29, 0.717) is 50.9 Å². The maximum atomic E-state index is 12.2. The van der Waals surface area contributed by atoms with Gasteiger partial charge in [0.05, 0.1) is 19.4 Å². The van der Waals surface area contributed by atoms with Crippen LogP contribution in [-0.4, -0.2) is 31.2 Å². The lowest BCUT2D eigenvalue weighted by Gasteiger charge is -2.13. The summed E-state index contributed by atoms with van der Waals surface area (Å²) in [5.41, 5.74) is 4.61. The van der Waals surface area contributed by atoms with Crippen molar-refractivity contribution in [1.82, 2.24) is 5.43 Å². The molecule has 0 aliphatic heterocycles. The van der Waals surface area contributed by atoms with Crippen LogP contribution in [-0.2, 0) is 16.2 Å². The Hall–Kier alpha value is -3.75. The molecule has 3 rings (SSSR count). The van der Waals surface area contributed by atoms with Crippen LogP contribution in [0.25, 0.3) is 0 Å². The van der Waals surface area contributed by atoms with Gasteiger partial charge >= 0.3 is 11.8 Å². The number of anilines is 1. The summed E-state index contributed by atoms with van der Waals surface area (Å²) in [4.78, 5) is 24.4. The number of carbonyl (C=O) groups excluding carboxylic acids is 2. The first kappa shape index (κ1) is 26.8. The molecule has 188 valence electrons. The van der Waals surface area contributed by atoms with Crippen molar-refractivity contribution < 1.29 is 23.8 Å². The van der Waals surface area contributed by atoms with Crippen molar-refractivity contribution in [1.29, 1.82) is 0 Å². The van der Waals surface area contributed by atoms with Gasteiger partial charge in [-0.25, -0.2) is 5.43 Å². The van der Waals surface area contributed by atoms with Crippen molar-refractivity contribution in [3.8, 4) is 17.2 Å². The number of hydrogen-bond acceptors (Lipinski definition) is 6.